The minimum atomic E-state index is -1.51. The molecule has 2 amide bonds. The van der Waals surface area contributed by atoms with E-state index in [1.807, 2.05) is 0 Å². The molecule has 2 aromatic heterocycles. The number of anilines is 1. The molecule has 39 heavy (non-hydrogen) atoms. The highest BCUT2D eigenvalue weighted by atomic mass is 16.6. The van der Waals surface area contributed by atoms with Crippen molar-refractivity contribution in [2.45, 2.75) is 91.8 Å². The van der Waals surface area contributed by atoms with Crippen molar-refractivity contribution in [3.8, 4) is 0 Å². The number of rotatable bonds is 4. The zero-order valence-corrected chi connectivity index (χ0v) is 23.5. The molecule has 0 fully saturated rings. The fourth-order valence-corrected chi connectivity index (χ4v) is 3.11. The molecule has 2 heterocycles. The van der Waals surface area contributed by atoms with Gasteiger partial charge in [-0.2, -0.15) is 9.47 Å². The van der Waals surface area contributed by atoms with Gasteiger partial charge in [0.1, 0.15) is 28.5 Å². The van der Waals surface area contributed by atoms with Crippen LogP contribution in [0, 0.1) is 0 Å². The number of carbonyl (C=O) groups is 3. The van der Waals surface area contributed by atoms with Gasteiger partial charge in [0.25, 0.3) is 5.56 Å². The number of carbonyl (C=O) groups excluding carboxylic acids is 3. The van der Waals surface area contributed by atoms with E-state index >= 15 is 0 Å². The second-order valence-corrected chi connectivity index (χ2v) is 11.5. The van der Waals surface area contributed by atoms with Crippen molar-refractivity contribution < 1.29 is 38.8 Å². The van der Waals surface area contributed by atoms with Crippen LogP contribution in [0.15, 0.2) is 15.9 Å². The largest absolute Gasteiger partial charge is 0.443 e. The predicted octanol–water partition coefficient (Wildman–Crippen LogP) is 1.77. The van der Waals surface area contributed by atoms with Crippen molar-refractivity contribution >= 4 is 35.1 Å². The number of amides is 2. The lowest BCUT2D eigenvalue weighted by atomic mass is 10.2. The highest BCUT2D eigenvalue weighted by Gasteiger charge is 2.37. The predicted molar refractivity (Wildman–Crippen MR) is 138 cm³/mol. The topological polar surface area (TPSA) is 192 Å². The molecule has 0 bridgehead atoms. The number of fused-ring (bicyclic) bond motifs is 1. The number of ether oxygens (including phenoxy) is 3. The summed E-state index contributed by atoms with van der Waals surface area (Å²) in [6, 6.07) is 0. The van der Waals surface area contributed by atoms with Gasteiger partial charge in [0.15, 0.2) is 11.5 Å². The van der Waals surface area contributed by atoms with E-state index in [2.05, 4.69) is 9.97 Å². The third kappa shape index (κ3) is 7.83. The molecule has 0 aromatic carbocycles. The van der Waals surface area contributed by atoms with Crippen molar-refractivity contribution in [3.63, 3.8) is 0 Å². The Balaban J connectivity index is 3.03. The number of aliphatic hydroxyl groups excluding tert-OH is 2. The van der Waals surface area contributed by atoms with Gasteiger partial charge in [-0.25, -0.2) is 29.1 Å². The first-order chi connectivity index (χ1) is 17.7. The summed E-state index contributed by atoms with van der Waals surface area (Å²) in [4.78, 5) is 74.6. The molecule has 2 N–H and O–H groups in total. The molecule has 1 unspecified atom stereocenters. The molecule has 0 radical (unpaired) electrons. The van der Waals surface area contributed by atoms with E-state index in [-0.39, 0.29) is 4.57 Å². The zero-order chi connectivity index (χ0) is 30.1. The first-order valence-corrected chi connectivity index (χ1v) is 12.0. The van der Waals surface area contributed by atoms with E-state index in [9.17, 15) is 34.2 Å². The normalized spacial score (nSPS) is 13.1. The Morgan fingerprint density at radius 3 is 1.82 bits per heavy atom. The number of imide groups is 1. The SMILES string of the molecule is CC(C)(C)OC(=O)N(C(=O)OC(C)(C)C)c1ncnc2c1c(=O)n(C(=O)OC(C)(C)C)c(=O)n2CC(O)CO. The van der Waals surface area contributed by atoms with E-state index in [0.29, 0.717) is 4.90 Å². The number of hydrogen-bond acceptors (Lipinski definition) is 12. The standard InChI is InChI=1S/C24H35N5O10/c1-22(2,3)37-19(34)28(20(35)38-23(4,5)6)16-14-15(25-12-26-16)27(10-13(31)11-30)18(33)29(17(14)32)21(36)39-24(7,8)9/h12-13,30-31H,10-11H2,1-9H3. The molecule has 0 aliphatic carbocycles. The van der Waals surface area contributed by atoms with E-state index < -0.39 is 82.4 Å². The Morgan fingerprint density at radius 1 is 0.897 bits per heavy atom. The summed E-state index contributed by atoms with van der Waals surface area (Å²) in [5.41, 5.74) is -6.32. The summed E-state index contributed by atoms with van der Waals surface area (Å²) in [5, 5.41) is 18.8. The number of aromatic nitrogens is 4. The van der Waals surface area contributed by atoms with E-state index in [1.165, 1.54) is 20.8 Å². The smallest absolute Gasteiger partial charge is 0.425 e. The lowest BCUT2D eigenvalue weighted by Gasteiger charge is -2.28. The lowest BCUT2D eigenvalue weighted by molar-refractivity contribution is 0.0427. The van der Waals surface area contributed by atoms with Crippen LogP contribution in [0.2, 0.25) is 0 Å². The Bertz CT molecular complexity index is 1350. The van der Waals surface area contributed by atoms with Gasteiger partial charge < -0.3 is 24.4 Å². The van der Waals surface area contributed by atoms with Gasteiger partial charge in [-0.1, -0.05) is 0 Å². The first-order valence-electron chi connectivity index (χ1n) is 12.0. The fraction of sp³-hybridized carbons (Fsp3) is 0.625. The molecule has 0 aliphatic rings. The van der Waals surface area contributed by atoms with Crippen LogP contribution in [0.1, 0.15) is 62.3 Å². The fourth-order valence-electron chi connectivity index (χ4n) is 3.11. The average Bonchev–Trinajstić information content (AvgIpc) is 2.72. The molecule has 2 aromatic rings. The Morgan fingerprint density at radius 2 is 1.38 bits per heavy atom. The molecule has 2 rings (SSSR count). The molecule has 15 heteroatoms. The highest BCUT2D eigenvalue weighted by Crippen LogP contribution is 2.24. The number of hydrogen-bond donors (Lipinski definition) is 2. The van der Waals surface area contributed by atoms with Crippen molar-refractivity contribution in [1.29, 1.82) is 0 Å². The second-order valence-electron chi connectivity index (χ2n) is 11.5. The van der Waals surface area contributed by atoms with Crippen LogP contribution >= 0.6 is 0 Å². The van der Waals surface area contributed by atoms with Crippen molar-refractivity contribution in [3.05, 3.63) is 27.2 Å². The maximum Gasteiger partial charge on any atom is 0.425 e. The summed E-state index contributed by atoms with van der Waals surface area (Å²) in [5.74, 6) is -0.655. The third-order valence-electron chi connectivity index (χ3n) is 4.45. The van der Waals surface area contributed by atoms with Gasteiger partial charge in [-0.15, -0.1) is 0 Å². The molecule has 0 spiro atoms. The Kier molecular flexibility index (Phi) is 8.93. The maximum absolute atomic E-state index is 13.7. The third-order valence-corrected chi connectivity index (χ3v) is 4.45. The summed E-state index contributed by atoms with van der Waals surface area (Å²) < 4.78 is 16.7. The Labute approximate surface area is 223 Å². The van der Waals surface area contributed by atoms with Crippen LogP contribution < -0.4 is 16.1 Å². The molecule has 0 saturated heterocycles. The van der Waals surface area contributed by atoms with E-state index in [1.54, 1.807) is 41.5 Å². The maximum atomic E-state index is 13.7. The zero-order valence-electron chi connectivity index (χ0n) is 23.5. The van der Waals surface area contributed by atoms with Crippen LogP contribution in [0.3, 0.4) is 0 Å². The van der Waals surface area contributed by atoms with Crippen molar-refractivity contribution in [2.75, 3.05) is 11.5 Å². The minimum Gasteiger partial charge on any atom is -0.443 e. The van der Waals surface area contributed by atoms with Crippen LogP contribution in [0.25, 0.3) is 11.0 Å². The molecule has 1 atom stereocenters. The highest BCUT2D eigenvalue weighted by molar-refractivity contribution is 6.13. The summed E-state index contributed by atoms with van der Waals surface area (Å²) >= 11 is 0. The van der Waals surface area contributed by atoms with Gasteiger partial charge in [-0.05, 0) is 62.3 Å². The van der Waals surface area contributed by atoms with Gasteiger partial charge in [-0.3, -0.25) is 9.36 Å². The molecule has 216 valence electrons. The monoisotopic (exact) mass is 553 g/mol. The first kappa shape index (κ1) is 31.4. The summed E-state index contributed by atoms with van der Waals surface area (Å²) in [6.07, 6.45) is -4.57. The molecule has 15 nitrogen and oxygen atoms in total. The second kappa shape index (κ2) is 11.1. The minimum absolute atomic E-state index is 0.118. The molecule has 0 aliphatic heterocycles. The lowest BCUT2D eigenvalue weighted by Crippen LogP contribution is -2.49. The van der Waals surface area contributed by atoms with Gasteiger partial charge in [0.05, 0.1) is 19.3 Å². The average molecular weight is 554 g/mol. The van der Waals surface area contributed by atoms with Gasteiger partial charge in [0, 0.05) is 0 Å². The van der Waals surface area contributed by atoms with Crippen LogP contribution in [-0.4, -0.2) is 77.1 Å². The van der Waals surface area contributed by atoms with Crippen LogP contribution in [-0.2, 0) is 20.8 Å². The summed E-state index contributed by atoms with van der Waals surface area (Å²) in [7, 11) is 0. The Hall–Kier alpha value is -3.85. The van der Waals surface area contributed by atoms with Crippen LogP contribution in [0.4, 0.5) is 20.2 Å². The van der Waals surface area contributed by atoms with Gasteiger partial charge >= 0.3 is 24.0 Å². The quantitative estimate of drug-likeness (QED) is 0.522. The van der Waals surface area contributed by atoms with Crippen LogP contribution in [0.5, 0.6) is 0 Å². The number of nitrogens with zero attached hydrogens (tertiary/aromatic N) is 5. The van der Waals surface area contributed by atoms with E-state index in [4.69, 9.17) is 14.2 Å². The molecular formula is C24H35N5O10. The van der Waals surface area contributed by atoms with Gasteiger partial charge in [0.2, 0.25) is 0 Å². The molecular weight excluding hydrogens is 518 g/mol. The summed E-state index contributed by atoms with van der Waals surface area (Å²) in [6.45, 7) is 12.4. The molecule has 0 saturated carbocycles. The van der Waals surface area contributed by atoms with Crippen molar-refractivity contribution in [1.82, 2.24) is 19.1 Å². The number of aliphatic hydroxyl groups is 2. The van der Waals surface area contributed by atoms with Crippen molar-refractivity contribution in [2.24, 2.45) is 0 Å². The van der Waals surface area contributed by atoms with E-state index in [0.717, 1.165) is 10.9 Å².